The van der Waals surface area contributed by atoms with E-state index >= 15 is 0 Å². The van der Waals surface area contributed by atoms with Gasteiger partial charge in [-0.15, -0.1) is 0 Å². The Labute approximate surface area is 246 Å². The molecule has 2 nitrogen and oxygen atoms in total. The molecule has 0 atom stereocenters. The molecule has 0 saturated carbocycles. The standard InChI is InChI=1S/C39H46N2/c1-17-16-30-33(34-22(6)18(2)20(4)25(9)37(34)40(30)14)28(12)31(17)32-24(8)27(11)39-36(29(32)13)35-23(7)19(3)21(5)26(10)38(35)41(39)15/h16H,1-15H3. The highest BCUT2D eigenvalue weighted by atomic mass is 14.9. The van der Waals surface area contributed by atoms with Crippen LogP contribution in [0.1, 0.15) is 72.3 Å². The van der Waals surface area contributed by atoms with Gasteiger partial charge in [-0.25, -0.2) is 0 Å². The molecule has 0 saturated heterocycles. The first-order chi connectivity index (χ1) is 19.1. The molecule has 212 valence electrons. The summed E-state index contributed by atoms with van der Waals surface area (Å²) < 4.78 is 4.92. The minimum atomic E-state index is 1.34. The summed E-state index contributed by atoms with van der Waals surface area (Å²) >= 11 is 0. The van der Waals surface area contributed by atoms with Crippen LogP contribution in [-0.2, 0) is 14.1 Å². The molecule has 0 fully saturated rings. The second-order valence-corrected chi connectivity index (χ2v) is 13.1. The largest absolute Gasteiger partial charge is 0.343 e. The van der Waals surface area contributed by atoms with Crippen molar-refractivity contribution < 1.29 is 0 Å². The Bertz CT molecular complexity index is 2170. The molecule has 6 rings (SSSR count). The second-order valence-electron chi connectivity index (χ2n) is 13.1. The summed E-state index contributed by atoms with van der Waals surface area (Å²) in [7, 11) is 4.52. The Morgan fingerprint density at radius 1 is 0.341 bits per heavy atom. The topological polar surface area (TPSA) is 9.86 Å². The molecule has 2 aromatic heterocycles. The smallest absolute Gasteiger partial charge is 0.0524 e. The Morgan fingerprint density at radius 3 is 1.22 bits per heavy atom. The quantitative estimate of drug-likeness (QED) is 0.196. The van der Waals surface area contributed by atoms with Gasteiger partial charge in [-0.1, -0.05) is 0 Å². The van der Waals surface area contributed by atoms with Gasteiger partial charge in [0, 0.05) is 41.2 Å². The van der Waals surface area contributed by atoms with Crippen molar-refractivity contribution in [3.63, 3.8) is 0 Å². The third-order valence-electron chi connectivity index (χ3n) is 11.5. The van der Waals surface area contributed by atoms with Crippen LogP contribution in [0.4, 0.5) is 0 Å². The Kier molecular flexibility index (Phi) is 5.89. The van der Waals surface area contributed by atoms with Crippen LogP contribution in [0.2, 0.25) is 0 Å². The predicted molar refractivity (Wildman–Crippen MR) is 181 cm³/mol. The van der Waals surface area contributed by atoms with E-state index in [9.17, 15) is 0 Å². The molecule has 4 aromatic carbocycles. The number of fused-ring (bicyclic) bond motifs is 6. The lowest BCUT2D eigenvalue weighted by Crippen LogP contribution is -2.00. The summed E-state index contributed by atoms with van der Waals surface area (Å²) in [5.74, 6) is 0. The van der Waals surface area contributed by atoms with E-state index in [0.717, 1.165) is 0 Å². The van der Waals surface area contributed by atoms with E-state index in [2.05, 4.69) is 119 Å². The second kappa shape index (κ2) is 8.74. The molecule has 2 heterocycles. The lowest BCUT2D eigenvalue weighted by Gasteiger charge is -2.21. The molecule has 0 aliphatic carbocycles. The molecule has 0 radical (unpaired) electrons. The summed E-state index contributed by atoms with van der Waals surface area (Å²) in [4.78, 5) is 0. The van der Waals surface area contributed by atoms with Gasteiger partial charge in [0.05, 0.1) is 16.6 Å². The molecule has 0 aliphatic rings. The van der Waals surface area contributed by atoms with Gasteiger partial charge < -0.3 is 9.13 Å². The fraction of sp³-hybridized carbons (Fsp3) is 0.385. The monoisotopic (exact) mass is 542 g/mol. The van der Waals surface area contributed by atoms with E-state index in [1.54, 1.807) is 0 Å². The van der Waals surface area contributed by atoms with Gasteiger partial charge in [-0.3, -0.25) is 0 Å². The van der Waals surface area contributed by atoms with Gasteiger partial charge in [0.2, 0.25) is 0 Å². The first-order valence-corrected chi connectivity index (χ1v) is 15.1. The Hall–Kier alpha value is -3.52. The number of nitrogens with zero attached hydrogens (tertiary/aromatic N) is 2. The number of aryl methyl sites for hydroxylation is 10. The zero-order valence-corrected chi connectivity index (χ0v) is 28.0. The normalized spacial score (nSPS) is 12.3. The van der Waals surface area contributed by atoms with E-state index in [-0.39, 0.29) is 0 Å². The number of benzene rings is 4. The zero-order valence-electron chi connectivity index (χ0n) is 28.0. The molecule has 2 heteroatoms. The average Bonchev–Trinajstić information content (AvgIpc) is 3.40. The maximum absolute atomic E-state index is 2.48. The molecule has 0 amide bonds. The van der Waals surface area contributed by atoms with Crippen molar-refractivity contribution in [1.29, 1.82) is 0 Å². The molecule has 0 N–H and O–H groups in total. The van der Waals surface area contributed by atoms with Crippen molar-refractivity contribution in [2.24, 2.45) is 14.1 Å². The number of rotatable bonds is 1. The molecular formula is C39H46N2. The van der Waals surface area contributed by atoms with Crippen LogP contribution < -0.4 is 0 Å². The summed E-state index contributed by atoms with van der Waals surface area (Å²) in [6.07, 6.45) is 0. The highest BCUT2D eigenvalue weighted by Crippen LogP contribution is 2.48. The number of aromatic nitrogens is 2. The minimum Gasteiger partial charge on any atom is -0.343 e. The number of hydrogen-bond donors (Lipinski definition) is 0. The van der Waals surface area contributed by atoms with Crippen molar-refractivity contribution in [2.45, 2.75) is 90.0 Å². The van der Waals surface area contributed by atoms with Gasteiger partial charge in [-0.2, -0.15) is 0 Å². The van der Waals surface area contributed by atoms with Crippen LogP contribution in [0, 0.1) is 90.0 Å². The maximum atomic E-state index is 2.48. The van der Waals surface area contributed by atoms with Crippen LogP contribution in [0.25, 0.3) is 54.7 Å². The van der Waals surface area contributed by atoms with E-state index in [1.807, 2.05) is 0 Å². The summed E-state index contributed by atoms with van der Waals surface area (Å²) in [5.41, 5.74) is 26.6. The van der Waals surface area contributed by atoms with Crippen molar-refractivity contribution in [2.75, 3.05) is 0 Å². The van der Waals surface area contributed by atoms with Gasteiger partial charge in [0.25, 0.3) is 0 Å². The van der Waals surface area contributed by atoms with Crippen molar-refractivity contribution >= 4 is 43.6 Å². The maximum Gasteiger partial charge on any atom is 0.0524 e. The first-order valence-electron chi connectivity index (χ1n) is 15.1. The molecule has 0 spiro atoms. The van der Waals surface area contributed by atoms with Crippen molar-refractivity contribution in [3.05, 3.63) is 78.4 Å². The third-order valence-corrected chi connectivity index (χ3v) is 11.5. The van der Waals surface area contributed by atoms with Gasteiger partial charge in [0.1, 0.15) is 0 Å². The Balaban J connectivity index is 1.86. The van der Waals surface area contributed by atoms with Crippen LogP contribution in [-0.4, -0.2) is 9.13 Å². The lowest BCUT2D eigenvalue weighted by atomic mass is 9.83. The average molecular weight is 543 g/mol. The predicted octanol–water partition coefficient (Wildman–Crippen LogP) is 10.7. The fourth-order valence-electron chi connectivity index (χ4n) is 8.43. The van der Waals surface area contributed by atoms with Crippen LogP contribution >= 0.6 is 0 Å². The van der Waals surface area contributed by atoms with Gasteiger partial charge >= 0.3 is 0 Å². The Morgan fingerprint density at radius 2 is 0.707 bits per heavy atom. The zero-order chi connectivity index (χ0) is 30.1. The first kappa shape index (κ1) is 27.6. The molecule has 6 aromatic rings. The minimum absolute atomic E-state index is 1.34. The molecule has 0 aliphatic heterocycles. The summed E-state index contributed by atoms with van der Waals surface area (Å²) in [6, 6.07) is 2.45. The van der Waals surface area contributed by atoms with Gasteiger partial charge in [-0.05, 0) is 180 Å². The molecule has 0 unspecified atom stereocenters. The van der Waals surface area contributed by atoms with Crippen LogP contribution in [0.15, 0.2) is 6.07 Å². The van der Waals surface area contributed by atoms with Gasteiger partial charge in [0.15, 0.2) is 0 Å². The highest BCUT2D eigenvalue weighted by molar-refractivity contribution is 6.18. The number of hydrogen-bond acceptors (Lipinski definition) is 0. The van der Waals surface area contributed by atoms with E-state index in [4.69, 9.17) is 0 Å². The SMILES string of the molecule is Cc1cc2c(c(C)c1-c1c(C)c(C)c3c(c1C)c1c(C)c(C)c(C)c(C)c1n3C)c1c(C)c(C)c(C)c(C)c1n2C. The molecule has 0 bridgehead atoms. The van der Waals surface area contributed by atoms with Crippen LogP contribution in [0.5, 0.6) is 0 Å². The summed E-state index contributed by atoms with van der Waals surface area (Å²) in [5, 5.41) is 5.71. The third kappa shape index (κ3) is 3.20. The van der Waals surface area contributed by atoms with E-state index in [1.165, 1.54) is 127 Å². The molecule has 41 heavy (non-hydrogen) atoms. The van der Waals surface area contributed by atoms with E-state index in [0.29, 0.717) is 0 Å². The lowest BCUT2D eigenvalue weighted by molar-refractivity contribution is 0.995. The molecular weight excluding hydrogens is 496 g/mol. The van der Waals surface area contributed by atoms with E-state index < -0.39 is 0 Å². The fourth-order valence-corrected chi connectivity index (χ4v) is 8.43. The van der Waals surface area contributed by atoms with Crippen molar-refractivity contribution in [3.8, 4) is 11.1 Å². The van der Waals surface area contributed by atoms with Crippen LogP contribution in [0.3, 0.4) is 0 Å². The highest BCUT2D eigenvalue weighted by Gasteiger charge is 2.26. The van der Waals surface area contributed by atoms with Crippen molar-refractivity contribution in [1.82, 2.24) is 9.13 Å². The summed E-state index contributed by atoms with van der Waals surface area (Å²) in [6.45, 7) is 30.2.